The van der Waals surface area contributed by atoms with E-state index < -0.39 is 17.9 Å². The van der Waals surface area contributed by atoms with Gasteiger partial charge in [0.05, 0.1) is 25.6 Å². The lowest BCUT2D eigenvalue weighted by atomic mass is 9.98. The Hall–Kier alpha value is -4.10. The fourth-order valence-electron chi connectivity index (χ4n) is 4.08. The number of hydrogen-bond donors (Lipinski definition) is 1. The Morgan fingerprint density at radius 1 is 0.816 bits per heavy atom. The van der Waals surface area contributed by atoms with Crippen LogP contribution in [-0.4, -0.2) is 35.9 Å². The number of carbonyl (C=O) groups is 3. The lowest BCUT2D eigenvalue weighted by Gasteiger charge is -2.21. The summed E-state index contributed by atoms with van der Waals surface area (Å²) in [5.41, 5.74) is 4.39. The van der Waals surface area contributed by atoms with Crippen molar-refractivity contribution in [3.63, 3.8) is 0 Å². The van der Waals surface area contributed by atoms with Gasteiger partial charge in [-0.25, -0.2) is 4.79 Å². The van der Waals surface area contributed by atoms with Crippen molar-refractivity contribution in [2.24, 2.45) is 5.92 Å². The normalized spacial score (nSPS) is 12.3. The quantitative estimate of drug-likeness (QED) is 0.256. The van der Waals surface area contributed by atoms with E-state index in [0.717, 1.165) is 34.0 Å². The van der Waals surface area contributed by atoms with Gasteiger partial charge < -0.3 is 14.5 Å². The van der Waals surface area contributed by atoms with Gasteiger partial charge in [0.15, 0.2) is 0 Å². The number of hydrogen-bond acceptors (Lipinski definition) is 6. The summed E-state index contributed by atoms with van der Waals surface area (Å²) in [5.74, 6) is -1.07. The predicted octanol–water partition coefficient (Wildman–Crippen LogP) is 5.58. The van der Waals surface area contributed by atoms with E-state index in [1.807, 2.05) is 78.9 Å². The van der Waals surface area contributed by atoms with Crippen LogP contribution in [0.15, 0.2) is 108 Å². The van der Waals surface area contributed by atoms with E-state index in [4.69, 9.17) is 9.15 Å². The lowest BCUT2D eigenvalue weighted by molar-refractivity contribution is -0.145. The third kappa shape index (κ3) is 7.46. The van der Waals surface area contributed by atoms with E-state index in [-0.39, 0.29) is 23.2 Å². The van der Waals surface area contributed by atoms with Crippen LogP contribution >= 0.6 is 11.8 Å². The fourth-order valence-corrected chi connectivity index (χ4v) is 5.01. The Bertz CT molecular complexity index is 1320. The molecule has 7 heteroatoms. The molecule has 0 spiro atoms. The van der Waals surface area contributed by atoms with Crippen LogP contribution in [0, 0.1) is 5.92 Å². The first-order valence-electron chi connectivity index (χ1n) is 12.3. The second-order valence-electron chi connectivity index (χ2n) is 8.85. The molecular formula is C31H29NO5S. The summed E-state index contributed by atoms with van der Waals surface area (Å²) in [6.07, 6.45) is 4.00. The molecule has 0 aliphatic carbocycles. The van der Waals surface area contributed by atoms with Gasteiger partial charge in [0.1, 0.15) is 6.04 Å². The van der Waals surface area contributed by atoms with Gasteiger partial charge >= 0.3 is 5.97 Å². The second kappa shape index (κ2) is 13.4. The number of esters is 1. The summed E-state index contributed by atoms with van der Waals surface area (Å²) < 4.78 is 10.1. The second-order valence-corrected chi connectivity index (χ2v) is 9.84. The molecule has 194 valence electrons. The summed E-state index contributed by atoms with van der Waals surface area (Å²) in [7, 11) is 1.30. The monoisotopic (exact) mass is 527 g/mol. The molecule has 4 aromatic rings. The molecule has 1 amide bonds. The molecule has 0 saturated carbocycles. The van der Waals surface area contributed by atoms with Gasteiger partial charge in [-0.3, -0.25) is 9.59 Å². The zero-order valence-corrected chi connectivity index (χ0v) is 21.9. The maximum atomic E-state index is 13.5. The van der Waals surface area contributed by atoms with Gasteiger partial charge in [0.25, 0.3) is 0 Å². The minimum Gasteiger partial charge on any atom is -0.472 e. The number of benzene rings is 3. The minimum absolute atomic E-state index is 0.0984. The number of furan rings is 1. The van der Waals surface area contributed by atoms with Gasteiger partial charge in [-0.2, -0.15) is 0 Å². The van der Waals surface area contributed by atoms with Crippen LogP contribution in [0.1, 0.15) is 21.5 Å². The molecule has 0 fully saturated rings. The summed E-state index contributed by atoms with van der Waals surface area (Å²) in [6.45, 7) is 0. The first kappa shape index (κ1) is 26.9. The molecular weight excluding hydrogens is 498 g/mol. The molecule has 1 heterocycles. The van der Waals surface area contributed by atoms with Crippen LogP contribution in [0.4, 0.5) is 0 Å². The van der Waals surface area contributed by atoms with Crippen molar-refractivity contribution in [2.45, 2.75) is 18.9 Å². The number of amides is 1. The molecule has 1 N–H and O–H groups in total. The SMILES string of the molecule is COC(=O)[C@H](Cc1ccc(-c2ccoc2)cc1)NC(=O)C(CSC(=O)c1ccccc1)Cc1ccccc1. The van der Waals surface area contributed by atoms with E-state index in [2.05, 4.69) is 5.32 Å². The maximum Gasteiger partial charge on any atom is 0.328 e. The molecule has 1 unspecified atom stereocenters. The first-order chi connectivity index (χ1) is 18.5. The Balaban J connectivity index is 1.46. The molecule has 3 aromatic carbocycles. The van der Waals surface area contributed by atoms with E-state index in [0.29, 0.717) is 12.0 Å². The Morgan fingerprint density at radius 3 is 2.11 bits per heavy atom. The van der Waals surface area contributed by atoms with Crippen LogP contribution in [-0.2, 0) is 27.2 Å². The Kier molecular flexibility index (Phi) is 9.54. The van der Waals surface area contributed by atoms with Crippen LogP contribution in [0.3, 0.4) is 0 Å². The van der Waals surface area contributed by atoms with Gasteiger partial charge in [0, 0.05) is 23.3 Å². The summed E-state index contributed by atoms with van der Waals surface area (Å²) in [5, 5.41) is 2.79. The van der Waals surface area contributed by atoms with Crippen molar-refractivity contribution in [3.05, 3.63) is 120 Å². The van der Waals surface area contributed by atoms with E-state index in [9.17, 15) is 14.4 Å². The highest BCUT2D eigenvalue weighted by Gasteiger charge is 2.27. The standard InChI is InChI=1S/C31H29NO5S/c1-36-30(34)28(19-23-12-14-24(15-13-23)26-16-17-37-20-26)32-29(33)27(18-22-8-4-2-5-9-22)21-38-31(35)25-10-6-3-7-11-25/h2-17,20,27-28H,18-19,21H2,1H3,(H,32,33)/t27?,28-/m0/s1. The number of methoxy groups -OCH3 is 1. The highest BCUT2D eigenvalue weighted by atomic mass is 32.2. The highest BCUT2D eigenvalue weighted by Crippen LogP contribution is 2.22. The van der Waals surface area contributed by atoms with Crippen molar-refractivity contribution in [1.82, 2.24) is 5.32 Å². The van der Waals surface area contributed by atoms with Gasteiger partial charge in [0.2, 0.25) is 11.0 Å². The Labute approximate surface area is 226 Å². The van der Waals surface area contributed by atoms with Crippen LogP contribution in [0.25, 0.3) is 11.1 Å². The molecule has 0 bridgehead atoms. The molecule has 1 aromatic heterocycles. The third-order valence-electron chi connectivity index (χ3n) is 6.17. The highest BCUT2D eigenvalue weighted by molar-refractivity contribution is 8.14. The predicted molar refractivity (Wildman–Crippen MR) is 149 cm³/mol. The summed E-state index contributed by atoms with van der Waals surface area (Å²) >= 11 is 1.11. The van der Waals surface area contributed by atoms with Crippen LogP contribution < -0.4 is 5.32 Å². The van der Waals surface area contributed by atoms with Crippen LogP contribution in [0.2, 0.25) is 0 Å². The van der Waals surface area contributed by atoms with E-state index in [1.165, 1.54) is 7.11 Å². The molecule has 0 aliphatic heterocycles. The lowest BCUT2D eigenvalue weighted by Crippen LogP contribution is -2.46. The average molecular weight is 528 g/mol. The number of ether oxygens (including phenoxy) is 1. The zero-order chi connectivity index (χ0) is 26.7. The fraction of sp³-hybridized carbons (Fsp3) is 0.194. The van der Waals surface area contributed by atoms with Gasteiger partial charge in [-0.15, -0.1) is 0 Å². The molecule has 0 aliphatic rings. The van der Waals surface area contributed by atoms with Crippen molar-refractivity contribution in [3.8, 4) is 11.1 Å². The number of thioether (sulfide) groups is 1. The minimum atomic E-state index is -0.861. The van der Waals surface area contributed by atoms with Crippen molar-refractivity contribution < 1.29 is 23.5 Å². The number of nitrogens with one attached hydrogen (secondary N) is 1. The number of carbonyl (C=O) groups excluding carboxylic acids is 3. The molecule has 6 nitrogen and oxygen atoms in total. The van der Waals surface area contributed by atoms with Crippen molar-refractivity contribution in [1.29, 1.82) is 0 Å². The van der Waals surface area contributed by atoms with Crippen molar-refractivity contribution >= 4 is 28.8 Å². The molecule has 4 rings (SSSR count). The summed E-state index contributed by atoms with van der Waals surface area (Å²) in [6, 6.07) is 27.4. The van der Waals surface area contributed by atoms with E-state index in [1.54, 1.807) is 24.7 Å². The first-order valence-corrected chi connectivity index (χ1v) is 13.3. The topological polar surface area (TPSA) is 85.6 Å². The average Bonchev–Trinajstić information content (AvgIpc) is 3.51. The molecule has 38 heavy (non-hydrogen) atoms. The van der Waals surface area contributed by atoms with Gasteiger partial charge in [-0.1, -0.05) is 96.7 Å². The zero-order valence-electron chi connectivity index (χ0n) is 21.0. The smallest absolute Gasteiger partial charge is 0.328 e. The Morgan fingerprint density at radius 2 is 1.47 bits per heavy atom. The largest absolute Gasteiger partial charge is 0.472 e. The van der Waals surface area contributed by atoms with Gasteiger partial charge in [-0.05, 0) is 29.2 Å². The van der Waals surface area contributed by atoms with Crippen molar-refractivity contribution in [2.75, 3.05) is 12.9 Å². The van der Waals surface area contributed by atoms with E-state index >= 15 is 0 Å². The molecule has 0 saturated heterocycles. The van der Waals surface area contributed by atoms with Crippen LogP contribution in [0.5, 0.6) is 0 Å². The molecule has 0 radical (unpaired) electrons. The third-order valence-corrected chi connectivity index (χ3v) is 7.24. The number of rotatable bonds is 11. The summed E-state index contributed by atoms with van der Waals surface area (Å²) in [4.78, 5) is 38.8. The maximum absolute atomic E-state index is 13.5. The molecule has 2 atom stereocenters.